The van der Waals surface area contributed by atoms with Gasteiger partial charge in [-0.1, -0.05) is 13.8 Å². The first-order chi connectivity index (χ1) is 6.37. The molecule has 1 aliphatic carbocycles. The molecule has 2 atom stereocenters. The highest BCUT2D eigenvalue weighted by Gasteiger charge is 2.57. The normalized spacial score (nSPS) is 29.3. The highest BCUT2D eigenvalue weighted by molar-refractivity contribution is 5.39. The van der Waals surface area contributed by atoms with Crippen molar-refractivity contribution in [3.63, 3.8) is 0 Å². The zero-order chi connectivity index (χ0) is 10.7. The Kier molecular flexibility index (Phi) is 1.80. The molecule has 0 saturated heterocycles. The van der Waals surface area contributed by atoms with Gasteiger partial charge in [-0.3, -0.25) is 4.68 Å². The third kappa shape index (κ3) is 1.05. The van der Waals surface area contributed by atoms with Crippen molar-refractivity contribution in [3.05, 3.63) is 17.0 Å². The van der Waals surface area contributed by atoms with Crippen LogP contribution in [0.2, 0.25) is 0 Å². The molecule has 0 bridgehead atoms. The summed E-state index contributed by atoms with van der Waals surface area (Å²) < 4.78 is 1.95. The number of rotatable bonds is 1. The van der Waals surface area contributed by atoms with Crippen LogP contribution in [0.25, 0.3) is 0 Å². The second-order valence-corrected chi connectivity index (χ2v) is 5.03. The Balaban J connectivity index is 2.44. The molecule has 0 amide bonds. The van der Waals surface area contributed by atoms with E-state index >= 15 is 0 Å². The Hall–Kier alpha value is -0.830. The maximum absolute atomic E-state index is 6.09. The van der Waals surface area contributed by atoms with Crippen LogP contribution in [0.4, 0.5) is 0 Å². The predicted octanol–water partition coefficient (Wildman–Crippen LogP) is 1.49. The SMILES string of the molecule is Cc1nn(C)c(C)c1[C@@H]1[C@@H](N)C1(C)C. The van der Waals surface area contributed by atoms with Crippen LogP contribution in [-0.4, -0.2) is 15.8 Å². The molecule has 1 aromatic rings. The fourth-order valence-corrected chi connectivity index (χ4v) is 2.47. The Morgan fingerprint density at radius 3 is 2.14 bits per heavy atom. The van der Waals surface area contributed by atoms with E-state index in [0.29, 0.717) is 12.0 Å². The molecule has 1 saturated carbocycles. The fourth-order valence-electron chi connectivity index (χ4n) is 2.47. The molecule has 2 N–H and O–H groups in total. The van der Waals surface area contributed by atoms with Crippen LogP contribution < -0.4 is 5.73 Å². The first-order valence-electron chi connectivity index (χ1n) is 5.13. The Bertz CT molecular complexity index is 376. The molecular weight excluding hydrogens is 174 g/mol. The maximum Gasteiger partial charge on any atom is 0.0632 e. The predicted molar refractivity (Wildman–Crippen MR) is 57.2 cm³/mol. The molecule has 0 radical (unpaired) electrons. The first-order valence-corrected chi connectivity index (χ1v) is 5.13. The van der Waals surface area contributed by atoms with Gasteiger partial charge in [0.15, 0.2) is 0 Å². The third-order valence-corrected chi connectivity index (χ3v) is 3.79. The maximum atomic E-state index is 6.09. The summed E-state index contributed by atoms with van der Waals surface area (Å²) in [7, 11) is 1.99. The van der Waals surface area contributed by atoms with E-state index in [2.05, 4.69) is 32.8 Å². The highest BCUT2D eigenvalue weighted by Crippen LogP contribution is 2.58. The van der Waals surface area contributed by atoms with Crippen LogP contribution in [0.1, 0.15) is 36.7 Å². The largest absolute Gasteiger partial charge is 0.327 e. The summed E-state index contributed by atoms with van der Waals surface area (Å²) in [6.45, 7) is 8.66. The summed E-state index contributed by atoms with van der Waals surface area (Å²) >= 11 is 0. The van der Waals surface area contributed by atoms with E-state index in [0.717, 1.165) is 5.69 Å². The lowest BCUT2D eigenvalue weighted by Crippen LogP contribution is -2.06. The Morgan fingerprint density at radius 1 is 1.36 bits per heavy atom. The average molecular weight is 193 g/mol. The van der Waals surface area contributed by atoms with Crippen LogP contribution in [-0.2, 0) is 7.05 Å². The molecule has 1 heterocycles. The van der Waals surface area contributed by atoms with E-state index in [1.807, 2.05) is 11.7 Å². The van der Waals surface area contributed by atoms with Crippen LogP contribution >= 0.6 is 0 Å². The van der Waals surface area contributed by atoms with Crippen molar-refractivity contribution < 1.29 is 0 Å². The van der Waals surface area contributed by atoms with Crippen molar-refractivity contribution in [1.82, 2.24) is 9.78 Å². The van der Waals surface area contributed by atoms with Gasteiger partial charge in [0.05, 0.1) is 5.69 Å². The minimum Gasteiger partial charge on any atom is -0.327 e. The summed E-state index contributed by atoms with van der Waals surface area (Å²) in [4.78, 5) is 0. The van der Waals surface area contributed by atoms with Gasteiger partial charge in [0.25, 0.3) is 0 Å². The minimum absolute atomic E-state index is 0.249. The first kappa shape index (κ1) is 9.71. The topological polar surface area (TPSA) is 43.8 Å². The van der Waals surface area contributed by atoms with Crippen molar-refractivity contribution in [3.8, 4) is 0 Å². The second kappa shape index (κ2) is 2.60. The summed E-state index contributed by atoms with van der Waals surface area (Å²) in [5.41, 5.74) is 10.1. The fraction of sp³-hybridized carbons (Fsp3) is 0.727. The lowest BCUT2D eigenvalue weighted by Gasteiger charge is -2.02. The van der Waals surface area contributed by atoms with Crippen molar-refractivity contribution >= 4 is 0 Å². The van der Waals surface area contributed by atoms with E-state index in [1.54, 1.807) is 0 Å². The van der Waals surface area contributed by atoms with Gasteiger partial charge >= 0.3 is 0 Å². The summed E-state index contributed by atoms with van der Waals surface area (Å²) in [6.07, 6.45) is 0. The number of aryl methyl sites for hydroxylation is 2. The molecule has 1 fully saturated rings. The molecule has 0 unspecified atom stereocenters. The van der Waals surface area contributed by atoms with Crippen molar-refractivity contribution in [1.29, 1.82) is 0 Å². The van der Waals surface area contributed by atoms with Gasteiger partial charge in [-0.05, 0) is 19.3 Å². The molecule has 0 aliphatic heterocycles. The number of aromatic nitrogens is 2. The second-order valence-electron chi connectivity index (χ2n) is 5.03. The van der Waals surface area contributed by atoms with Gasteiger partial charge in [0, 0.05) is 30.3 Å². The smallest absolute Gasteiger partial charge is 0.0632 e. The quantitative estimate of drug-likeness (QED) is 0.734. The van der Waals surface area contributed by atoms with E-state index in [9.17, 15) is 0 Å². The molecule has 0 aromatic carbocycles. The Labute approximate surface area is 85.3 Å². The molecule has 1 aliphatic rings. The van der Waals surface area contributed by atoms with Crippen molar-refractivity contribution in [2.24, 2.45) is 18.2 Å². The van der Waals surface area contributed by atoms with E-state index in [-0.39, 0.29) is 5.41 Å². The van der Waals surface area contributed by atoms with Crippen LogP contribution in [0.15, 0.2) is 0 Å². The monoisotopic (exact) mass is 193 g/mol. The standard InChI is InChI=1S/C11H19N3/c1-6-8(7(2)14(5)13-6)9-10(12)11(9,3)4/h9-10H,12H2,1-5H3/t9-,10-/m1/s1. The van der Waals surface area contributed by atoms with E-state index < -0.39 is 0 Å². The molecule has 78 valence electrons. The summed E-state index contributed by atoms with van der Waals surface area (Å²) in [6, 6.07) is 0.295. The van der Waals surface area contributed by atoms with Gasteiger partial charge in [-0.25, -0.2) is 0 Å². The van der Waals surface area contributed by atoms with Crippen LogP contribution in [0.5, 0.6) is 0 Å². The average Bonchev–Trinajstić information content (AvgIpc) is 2.43. The molecule has 3 nitrogen and oxygen atoms in total. The molecule has 1 aromatic heterocycles. The Morgan fingerprint density at radius 2 is 1.86 bits per heavy atom. The molecule has 14 heavy (non-hydrogen) atoms. The van der Waals surface area contributed by atoms with E-state index in [1.165, 1.54) is 11.3 Å². The van der Waals surface area contributed by atoms with E-state index in [4.69, 9.17) is 5.73 Å². The highest BCUT2D eigenvalue weighted by atomic mass is 15.3. The van der Waals surface area contributed by atoms with Gasteiger partial charge in [0.1, 0.15) is 0 Å². The lowest BCUT2D eigenvalue weighted by atomic mass is 10.0. The molecule has 0 spiro atoms. The number of hydrogen-bond donors (Lipinski definition) is 1. The van der Waals surface area contributed by atoms with Gasteiger partial charge in [-0.2, -0.15) is 5.10 Å². The van der Waals surface area contributed by atoms with Crippen molar-refractivity contribution in [2.45, 2.75) is 39.7 Å². The third-order valence-electron chi connectivity index (χ3n) is 3.79. The summed E-state index contributed by atoms with van der Waals surface area (Å²) in [5.74, 6) is 0.496. The number of hydrogen-bond acceptors (Lipinski definition) is 2. The van der Waals surface area contributed by atoms with Crippen LogP contribution in [0, 0.1) is 19.3 Å². The lowest BCUT2D eigenvalue weighted by molar-refractivity contribution is 0.597. The van der Waals surface area contributed by atoms with Crippen molar-refractivity contribution in [2.75, 3.05) is 0 Å². The summed E-state index contributed by atoms with van der Waals surface area (Å²) in [5, 5.41) is 4.43. The minimum atomic E-state index is 0.249. The zero-order valence-corrected chi connectivity index (χ0v) is 9.63. The zero-order valence-electron chi connectivity index (χ0n) is 9.63. The van der Waals surface area contributed by atoms with Gasteiger partial charge in [-0.15, -0.1) is 0 Å². The number of nitrogens with two attached hydrogens (primary N) is 1. The number of nitrogens with zero attached hydrogens (tertiary/aromatic N) is 2. The van der Waals surface area contributed by atoms with Gasteiger partial charge < -0.3 is 5.73 Å². The molecular formula is C11H19N3. The van der Waals surface area contributed by atoms with Crippen LogP contribution in [0.3, 0.4) is 0 Å². The molecule has 2 rings (SSSR count). The van der Waals surface area contributed by atoms with Gasteiger partial charge in [0.2, 0.25) is 0 Å². The molecule has 3 heteroatoms.